The zero-order valence-corrected chi connectivity index (χ0v) is 14.8. The topological polar surface area (TPSA) is 52.6 Å². The molecule has 4 nitrogen and oxygen atoms in total. The van der Waals surface area contributed by atoms with Crippen LogP contribution in [-0.2, 0) is 19.1 Å². The molecule has 2 aliphatic rings. The molecule has 2 aliphatic carbocycles. The molecule has 0 spiro atoms. The van der Waals surface area contributed by atoms with Gasteiger partial charge in [-0.15, -0.1) is 0 Å². The largest absolute Gasteiger partial charge is 0.465 e. The Morgan fingerprint density at radius 2 is 1.68 bits per heavy atom. The van der Waals surface area contributed by atoms with Crippen molar-refractivity contribution in [3.8, 4) is 0 Å². The van der Waals surface area contributed by atoms with Gasteiger partial charge in [-0.2, -0.15) is 0 Å². The van der Waals surface area contributed by atoms with Crippen molar-refractivity contribution >= 4 is 17.5 Å². The fourth-order valence-electron chi connectivity index (χ4n) is 4.40. The average Bonchev–Trinajstić information content (AvgIpc) is 2.87. The zero-order chi connectivity index (χ0) is 18.2. The molecule has 0 heterocycles. The Kier molecular flexibility index (Phi) is 4.43. The molecule has 0 N–H and O–H groups in total. The van der Waals surface area contributed by atoms with E-state index in [1.807, 2.05) is 37.3 Å². The van der Waals surface area contributed by atoms with E-state index in [2.05, 4.69) is 0 Å². The molecular formula is C20H23FO4. The summed E-state index contributed by atoms with van der Waals surface area (Å²) in [6, 6.07) is 9.28. The minimum absolute atomic E-state index is 0.101. The molecule has 0 aliphatic heterocycles. The second-order valence-corrected chi connectivity index (χ2v) is 6.96. The summed E-state index contributed by atoms with van der Waals surface area (Å²) in [4.78, 5) is 25.3. The molecule has 0 radical (unpaired) electrons. The van der Waals surface area contributed by atoms with E-state index >= 15 is 0 Å². The smallest absolute Gasteiger partial charge is 0.323 e. The van der Waals surface area contributed by atoms with Crippen molar-refractivity contribution in [2.45, 2.75) is 33.6 Å². The van der Waals surface area contributed by atoms with E-state index in [1.165, 1.54) is 0 Å². The predicted octanol–water partition coefficient (Wildman–Crippen LogP) is 3.91. The Hall–Kier alpha value is -2.17. The maximum atomic E-state index is 14.9. The molecule has 1 aromatic rings. The highest BCUT2D eigenvalue weighted by molar-refractivity contribution is 6.02. The summed E-state index contributed by atoms with van der Waals surface area (Å²) >= 11 is 0. The first kappa shape index (κ1) is 17.6. The van der Waals surface area contributed by atoms with Crippen LogP contribution in [0.5, 0.6) is 0 Å². The number of fused-ring (bicyclic) bond motifs is 1. The molecule has 1 fully saturated rings. The third-order valence-electron chi connectivity index (χ3n) is 5.50. The molecule has 1 saturated carbocycles. The van der Waals surface area contributed by atoms with Crippen LogP contribution in [0, 0.1) is 16.7 Å². The second-order valence-electron chi connectivity index (χ2n) is 6.96. The number of hydrogen-bond donors (Lipinski definition) is 0. The van der Waals surface area contributed by atoms with Crippen LogP contribution < -0.4 is 0 Å². The number of hydrogen-bond acceptors (Lipinski definition) is 4. The SMILES string of the molecule is CCOC(=O)C1(C(=O)OCC)CC2C(F)=C(c3ccccc3)C2(C)C1. The standard InChI is InChI=1S/C20H23FO4/c1-4-24-17(22)20(18(23)25-5-2)11-14-16(21)15(19(14,3)12-20)13-9-7-6-8-10-13/h6-10,14H,4-5,11-12H2,1-3H3. The van der Waals surface area contributed by atoms with E-state index in [0.717, 1.165) is 5.56 Å². The van der Waals surface area contributed by atoms with Crippen LogP contribution >= 0.6 is 0 Å². The van der Waals surface area contributed by atoms with Gasteiger partial charge in [0.05, 0.1) is 13.2 Å². The molecule has 0 aromatic heterocycles. The van der Waals surface area contributed by atoms with Gasteiger partial charge in [-0.05, 0) is 37.8 Å². The summed E-state index contributed by atoms with van der Waals surface area (Å²) in [5, 5.41) is 0. The third-order valence-corrected chi connectivity index (χ3v) is 5.50. The van der Waals surface area contributed by atoms with Gasteiger partial charge in [0.25, 0.3) is 0 Å². The lowest BCUT2D eigenvalue weighted by Crippen LogP contribution is -2.41. The van der Waals surface area contributed by atoms with Gasteiger partial charge in [0, 0.05) is 11.3 Å². The van der Waals surface area contributed by atoms with Crippen LogP contribution in [-0.4, -0.2) is 25.2 Å². The Labute approximate surface area is 147 Å². The summed E-state index contributed by atoms with van der Waals surface area (Å²) in [6.45, 7) is 5.64. The minimum atomic E-state index is -1.43. The summed E-state index contributed by atoms with van der Waals surface area (Å²) < 4.78 is 25.2. The molecule has 2 unspecified atom stereocenters. The summed E-state index contributed by atoms with van der Waals surface area (Å²) in [5.74, 6) is -1.91. The van der Waals surface area contributed by atoms with Crippen LogP contribution in [0.3, 0.4) is 0 Å². The summed E-state index contributed by atoms with van der Waals surface area (Å²) in [7, 11) is 0. The second kappa shape index (κ2) is 6.28. The van der Waals surface area contributed by atoms with E-state index in [4.69, 9.17) is 9.47 Å². The van der Waals surface area contributed by atoms with Gasteiger partial charge in [-0.3, -0.25) is 9.59 Å². The fourth-order valence-corrected chi connectivity index (χ4v) is 4.40. The van der Waals surface area contributed by atoms with Crippen molar-refractivity contribution in [1.82, 2.24) is 0 Å². The van der Waals surface area contributed by atoms with Gasteiger partial charge < -0.3 is 9.47 Å². The first-order chi connectivity index (χ1) is 11.9. The van der Waals surface area contributed by atoms with Crippen molar-refractivity contribution in [3.63, 3.8) is 0 Å². The molecular weight excluding hydrogens is 323 g/mol. The normalized spacial score (nSPS) is 26.6. The highest BCUT2D eigenvalue weighted by Gasteiger charge is 2.68. The van der Waals surface area contributed by atoms with Gasteiger partial charge in [-0.1, -0.05) is 37.3 Å². The lowest BCUT2D eigenvalue weighted by atomic mass is 9.61. The molecule has 0 saturated heterocycles. The highest BCUT2D eigenvalue weighted by Crippen LogP contribution is 2.69. The van der Waals surface area contributed by atoms with E-state index in [1.54, 1.807) is 13.8 Å². The Morgan fingerprint density at radius 1 is 1.12 bits per heavy atom. The number of ether oxygens (including phenoxy) is 2. The highest BCUT2D eigenvalue weighted by atomic mass is 19.1. The van der Waals surface area contributed by atoms with Crippen molar-refractivity contribution < 1.29 is 23.5 Å². The van der Waals surface area contributed by atoms with Crippen LogP contribution in [0.15, 0.2) is 36.2 Å². The van der Waals surface area contributed by atoms with Gasteiger partial charge in [-0.25, -0.2) is 4.39 Å². The van der Waals surface area contributed by atoms with E-state index in [-0.39, 0.29) is 31.9 Å². The van der Waals surface area contributed by atoms with Crippen LogP contribution in [0.2, 0.25) is 0 Å². The monoisotopic (exact) mass is 346 g/mol. The number of carbonyl (C=O) groups is 2. The van der Waals surface area contributed by atoms with E-state index in [9.17, 15) is 14.0 Å². The molecule has 3 rings (SSSR count). The Bertz CT molecular complexity index is 706. The molecule has 5 heteroatoms. The minimum Gasteiger partial charge on any atom is -0.465 e. The maximum absolute atomic E-state index is 14.9. The van der Waals surface area contributed by atoms with Gasteiger partial charge in [0.15, 0.2) is 5.41 Å². The number of carbonyl (C=O) groups excluding carboxylic acids is 2. The third kappa shape index (κ3) is 2.48. The van der Waals surface area contributed by atoms with Gasteiger partial charge in [0.2, 0.25) is 0 Å². The first-order valence-corrected chi connectivity index (χ1v) is 8.70. The lowest BCUT2D eigenvalue weighted by Gasteiger charge is -2.43. The molecule has 1 aromatic carbocycles. The summed E-state index contributed by atoms with van der Waals surface area (Å²) in [5.41, 5.74) is -0.625. The van der Waals surface area contributed by atoms with Crippen LogP contribution in [0.4, 0.5) is 4.39 Å². The number of rotatable bonds is 5. The maximum Gasteiger partial charge on any atom is 0.323 e. The summed E-state index contributed by atoms with van der Waals surface area (Å²) in [6.07, 6.45) is 0.309. The Balaban J connectivity index is 1.99. The molecule has 0 bridgehead atoms. The molecule has 134 valence electrons. The molecule has 0 amide bonds. The molecule has 25 heavy (non-hydrogen) atoms. The van der Waals surface area contributed by atoms with Crippen molar-refractivity contribution in [1.29, 1.82) is 0 Å². The van der Waals surface area contributed by atoms with Crippen LogP contribution in [0.25, 0.3) is 5.57 Å². The van der Waals surface area contributed by atoms with Gasteiger partial charge in [0.1, 0.15) is 5.83 Å². The van der Waals surface area contributed by atoms with Crippen molar-refractivity contribution in [3.05, 3.63) is 41.7 Å². The van der Waals surface area contributed by atoms with Gasteiger partial charge >= 0.3 is 11.9 Å². The van der Waals surface area contributed by atoms with Crippen LogP contribution in [0.1, 0.15) is 39.2 Å². The number of benzene rings is 1. The van der Waals surface area contributed by atoms with Crippen molar-refractivity contribution in [2.75, 3.05) is 13.2 Å². The lowest BCUT2D eigenvalue weighted by molar-refractivity contribution is -0.172. The quantitative estimate of drug-likeness (QED) is 0.599. The fraction of sp³-hybridized carbons (Fsp3) is 0.500. The van der Waals surface area contributed by atoms with Crippen molar-refractivity contribution in [2.24, 2.45) is 16.7 Å². The zero-order valence-electron chi connectivity index (χ0n) is 14.8. The molecule has 2 atom stereocenters. The van der Waals surface area contributed by atoms with E-state index < -0.39 is 28.7 Å². The predicted molar refractivity (Wildman–Crippen MR) is 91.0 cm³/mol. The Morgan fingerprint density at radius 3 is 2.20 bits per heavy atom. The number of halogens is 1. The van der Waals surface area contributed by atoms with E-state index in [0.29, 0.717) is 5.57 Å². The number of esters is 2. The average molecular weight is 346 g/mol. The number of allylic oxidation sites excluding steroid dienone is 2. The first-order valence-electron chi connectivity index (χ1n) is 8.70.